The molecule has 0 atom stereocenters. The number of halogens is 2. The molecule has 1 aromatic heterocycles. The fraction of sp³-hybridized carbons (Fsp3) is 0.105. The lowest BCUT2D eigenvalue weighted by atomic mass is 10.1. The summed E-state index contributed by atoms with van der Waals surface area (Å²) < 4.78 is 6.29. The second-order valence-corrected chi connectivity index (χ2v) is 6.49. The zero-order valence-corrected chi connectivity index (χ0v) is 15.8. The summed E-state index contributed by atoms with van der Waals surface area (Å²) >= 11 is 11.8. The fourth-order valence-corrected chi connectivity index (χ4v) is 2.74. The first kappa shape index (κ1) is 18.9. The zero-order valence-electron chi connectivity index (χ0n) is 14.3. The highest BCUT2D eigenvalue weighted by atomic mass is 35.5. The number of aromatic nitrogens is 2. The molecule has 0 saturated carbocycles. The maximum absolute atomic E-state index is 12.4. The van der Waals surface area contributed by atoms with E-state index in [1.165, 1.54) is 13.2 Å². The van der Waals surface area contributed by atoms with Crippen molar-refractivity contribution in [2.75, 3.05) is 12.4 Å². The topological polar surface area (TPSA) is 73.2 Å². The van der Waals surface area contributed by atoms with E-state index >= 15 is 0 Å². The van der Waals surface area contributed by atoms with Crippen LogP contribution in [0.3, 0.4) is 0 Å². The van der Waals surface area contributed by atoms with E-state index in [2.05, 4.69) is 10.4 Å². The number of methoxy groups -OCH3 is 1. The molecule has 0 saturated heterocycles. The molecule has 27 heavy (non-hydrogen) atoms. The van der Waals surface area contributed by atoms with E-state index in [1.54, 1.807) is 48.5 Å². The number of ether oxygens (including phenoxy) is 1. The zero-order chi connectivity index (χ0) is 19.4. The Kier molecular flexibility index (Phi) is 5.78. The summed E-state index contributed by atoms with van der Waals surface area (Å²) in [7, 11) is 1.49. The van der Waals surface area contributed by atoms with Crippen LogP contribution in [-0.4, -0.2) is 22.8 Å². The second kappa shape index (κ2) is 8.24. The summed E-state index contributed by atoms with van der Waals surface area (Å²) in [6.45, 7) is -0.254. The Morgan fingerprint density at radius 3 is 2.48 bits per heavy atom. The summed E-state index contributed by atoms with van der Waals surface area (Å²) in [5.74, 6) is 0.0291. The number of hydrogen-bond acceptors (Lipinski definition) is 4. The van der Waals surface area contributed by atoms with Crippen LogP contribution in [0.2, 0.25) is 10.0 Å². The van der Waals surface area contributed by atoms with Gasteiger partial charge in [-0.1, -0.05) is 35.3 Å². The molecule has 138 valence electrons. The average Bonchev–Trinajstić information content (AvgIpc) is 2.64. The summed E-state index contributed by atoms with van der Waals surface area (Å²) in [6, 6.07) is 14.9. The average molecular weight is 404 g/mol. The molecule has 3 aromatic rings. The van der Waals surface area contributed by atoms with Crippen LogP contribution in [0.1, 0.15) is 0 Å². The Balaban J connectivity index is 1.82. The van der Waals surface area contributed by atoms with Gasteiger partial charge in [-0.3, -0.25) is 9.59 Å². The van der Waals surface area contributed by atoms with Gasteiger partial charge in [0.1, 0.15) is 12.3 Å². The Morgan fingerprint density at radius 1 is 1.07 bits per heavy atom. The number of nitrogens with one attached hydrogen (secondary N) is 1. The van der Waals surface area contributed by atoms with Crippen LogP contribution in [0.25, 0.3) is 11.3 Å². The molecule has 2 aromatic carbocycles. The van der Waals surface area contributed by atoms with Crippen molar-refractivity contribution in [2.24, 2.45) is 0 Å². The van der Waals surface area contributed by atoms with Crippen molar-refractivity contribution in [3.63, 3.8) is 0 Å². The minimum atomic E-state index is -0.432. The smallest absolute Gasteiger partial charge is 0.267 e. The molecule has 1 N–H and O–H groups in total. The number of benzene rings is 2. The van der Waals surface area contributed by atoms with E-state index < -0.39 is 5.91 Å². The van der Waals surface area contributed by atoms with Crippen molar-refractivity contribution >= 4 is 34.8 Å². The summed E-state index contributed by atoms with van der Waals surface area (Å²) in [5, 5.41) is 7.99. The van der Waals surface area contributed by atoms with Crippen LogP contribution in [0.4, 0.5) is 5.69 Å². The molecule has 0 spiro atoms. The number of anilines is 1. The highest BCUT2D eigenvalue weighted by Gasteiger charge is 2.11. The van der Waals surface area contributed by atoms with Crippen molar-refractivity contribution in [1.29, 1.82) is 0 Å². The summed E-state index contributed by atoms with van der Waals surface area (Å²) in [6.07, 6.45) is 0. The number of amides is 1. The Morgan fingerprint density at radius 2 is 1.78 bits per heavy atom. The number of rotatable bonds is 5. The molecular weight excluding hydrogens is 389 g/mol. The van der Waals surface area contributed by atoms with Crippen LogP contribution in [0.5, 0.6) is 5.75 Å². The Hall–Kier alpha value is -2.83. The number of hydrogen-bond donors (Lipinski definition) is 1. The van der Waals surface area contributed by atoms with E-state index in [0.717, 1.165) is 10.2 Å². The fourth-order valence-electron chi connectivity index (χ4n) is 2.44. The van der Waals surface area contributed by atoms with Gasteiger partial charge in [-0.2, -0.15) is 5.10 Å². The molecule has 1 heterocycles. The van der Waals surface area contributed by atoms with Gasteiger partial charge in [0.2, 0.25) is 5.91 Å². The van der Waals surface area contributed by atoms with Gasteiger partial charge in [0.25, 0.3) is 5.56 Å². The van der Waals surface area contributed by atoms with E-state index in [9.17, 15) is 9.59 Å². The van der Waals surface area contributed by atoms with Gasteiger partial charge in [0.05, 0.1) is 18.5 Å². The van der Waals surface area contributed by atoms with Crippen LogP contribution in [-0.2, 0) is 11.3 Å². The third kappa shape index (κ3) is 4.67. The van der Waals surface area contributed by atoms with Gasteiger partial charge in [-0.15, -0.1) is 0 Å². The maximum atomic E-state index is 12.4. The first-order valence-electron chi connectivity index (χ1n) is 7.94. The lowest BCUT2D eigenvalue weighted by molar-refractivity contribution is -0.117. The van der Waals surface area contributed by atoms with Crippen LogP contribution in [0.15, 0.2) is 59.4 Å². The largest absolute Gasteiger partial charge is 0.495 e. The van der Waals surface area contributed by atoms with Crippen molar-refractivity contribution in [3.05, 3.63) is 75.0 Å². The maximum Gasteiger partial charge on any atom is 0.267 e. The summed E-state index contributed by atoms with van der Waals surface area (Å²) in [4.78, 5) is 24.5. The normalized spacial score (nSPS) is 10.5. The number of carbonyl (C=O) groups excluding carboxylic acids is 1. The van der Waals surface area contributed by atoms with Gasteiger partial charge in [-0.25, -0.2) is 4.68 Å². The number of nitrogens with zero attached hydrogens (tertiary/aromatic N) is 2. The Labute approximate surface area is 165 Å². The molecule has 3 rings (SSSR count). The van der Waals surface area contributed by atoms with E-state index in [4.69, 9.17) is 27.9 Å². The minimum Gasteiger partial charge on any atom is -0.495 e. The molecule has 0 bridgehead atoms. The standard InChI is InChI=1S/C19H15Cl2N3O3/c1-27-17-8-6-14(21)10-16(17)22-18(25)11-24-19(26)9-7-15(23-24)12-2-4-13(20)5-3-12/h2-10H,11H2,1H3,(H,22,25). The van der Waals surface area contributed by atoms with Crippen LogP contribution in [0, 0.1) is 0 Å². The van der Waals surface area contributed by atoms with E-state index in [1.807, 2.05) is 0 Å². The second-order valence-electron chi connectivity index (χ2n) is 5.61. The first-order chi connectivity index (χ1) is 13.0. The molecular formula is C19H15Cl2N3O3. The molecule has 6 nitrogen and oxygen atoms in total. The lowest BCUT2D eigenvalue weighted by Crippen LogP contribution is -2.29. The van der Waals surface area contributed by atoms with Crippen molar-refractivity contribution in [2.45, 2.75) is 6.54 Å². The van der Waals surface area contributed by atoms with Crippen LogP contribution >= 0.6 is 23.2 Å². The predicted molar refractivity (Wildman–Crippen MR) is 106 cm³/mol. The third-order valence-corrected chi connectivity index (χ3v) is 4.22. The molecule has 0 aliphatic rings. The van der Waals surface area contributed by atoms with E-state index in [-0.39, 0.29) is 12.1 Å². The molecule has 0 unspecified atom stereocenters. The highest BCUT2D eigenvalue weighted by Crippen LogP contribution is 2.27. The van der Waals surface area contributed by atoms with Crippen molar-refractivity contribution in [1.82, 2.24) is 9.78 Å². The molecule has 0 radical (unpaired) electrons. The molecule has 0 fully saturated rings. The van der Waals surface area contributed by atoms with Gasteiger partial charge in [0.15, 0.2) is 0 Å². The molecule has 0 aliphatic carbocycles. The van der Waals surface area contributed by atoms with Gasteiger partial charge >= 0.3 is 0 Å². The van der Waals surface area contributed by atoms with Gasteiger partial charge in [-0.05, 0) is 36.4 Å². The molecule has 0 aliphatic heterocycles. The van der Waals surface area contributed by atoms with E-state index in [0.29, 0.717) is 27.2 Å². The highest BCUT2D eigenvalue weighted by molar-refractivity contribution is 6.31. The first-order valence-corrected chi connectivity index (χ1v) is 8.69. The Bertz CT molecular complexity index is 1030. The van der Waals surface area contributed by atoms with Crippen LogP contribution < -0.4 is 15.6 Å². The van der Waals surface area contributed by atoms with Gasteiger partial charge < -0.3 is 10.1 Å². The summed E-state index contributed by atoms with van der Waals surface area (Å²) in [5.41, 5.74) is 1.36. The monoisotopic (exact) mass is 403 g/mol. The van der Waals surface area contributed by atoms with Gasteiger partial charge in [0, 0.05) is 21.7 Å². The van der Waals surface area contributed by atoms with Crippen molar-refractivity contribution in [3.8, 4) is 17.0 Å². The quantitative estimate of drug-likeness (QED) is 0.701. The minimum absolute atomic E-state index is 0.254. The SMILES string of the molecule is COc1ccc(Cl)cc1NC(=O)Cn1nc(-c2ccc(Cl)cc2)ccc1=O. The molecule has 1 amide bonds. The number of carbonyl (C=O) groups is 1. The molecule has 8 heteroatoms. The lowest BCUT2D eigenvalue weighted by Gasteiger charge is -2.11. The predicted octanol–water partition coefficient (Wildman–Crippen LogP) is 3.86. The van der Waals surface area contributed by atoms with Crippen molar-refractivity contribution < 1.29 is 9.53 Å². The third-order valence-electron chi connectivity index (χ3n) is 3.74.